The van der Waals surface area contributed by atoms with Crippen molar-refractivity contribution < 1.29 is 14.1 Å². The summed E-state index contributed by atoms with van der Waals surface area (Å²) < 4.78 is 9.66. The Hall–Kier alpha value is -2.87. The van der Waals surface area contributed by atoms with Gasteiger partial charge in [-0.25, -0.2) is 23.9 Å². The van der Waals surface area contributed by atoms with Crippen molar-refractivity contribution in [1.29, 1.82) is 0 Å². The van der Waals surface area contributed by atoms with E-state index < -0.39 is 5.97 Å². The number of halogens is 1. The number of anilines is 2. The molecular weight excluding hydrogens is 356 g/mol. The van der Waals surface area contributed by atoms with Crippen LogP contribution >= 0.6 is 11.6 Å². The molecule has 1 aromatic carbocycles. The Morgan fingerprint density at radius 1 is 1.23 bits per heavy atom. The first kappa shape index (κ1) is 17.9. The maximum Gasteiger partial charge on any atom is 0.361 e. The number of para-hydroxylation sites is 2. The van der Waals surface area contributed by atoms with E-state index in [9.17, 15) is 4.79 Å². The number of carbonyl (C=O) groups is 1. The zero-order valence-electron chi connectivity index (χ0n) is 14.6. The zero-order valence-corrected chi connectivity index (χ0v) is 15.3. The second-order valence-corrected chi connectivity index (χ2v) is 5.96. The molecule has 0 unspecified atom stereocenters. The molecule has 0 saturated carbocycles. The second kappa shape index (κ2) is 7.17. The van der Waals surface area contributed by atoms with Gasteiger partial charge in [0.15, 0.2) is 40.1 Å². The number of aromatic nitrogens is 4. The van der Waals surface area contributed by atoms with Crippen LogP contribution < -0.4 is 16.0 Å². The van der Waals surface area contributed by atoms with Crippen LogP contribution in [-0.2, 0) is 24.4 Å². The molecule has 3 aromatic rings. The van der Waals surface area contributed by atoms with Gasteiger partial charge in [-0.3, -0.25) is 0 Å². The Balaban J connectivity index is 1.93. The van der Waals surface area contributed by atoms with Crippen LogP contribution in [0.5, 0.6) is 0 Å². The minimum Gasteiger partial charge on any atom is -0.448 e. The quantitative estimate of drug-likeness (QED) is 0.520. The molecule has 0 aliphatic carbocycles. The van der Waals surface area contributed by atoms with Gasteiger partial charge < -0.3 is 16.2 Å². The first-order chi connectivity index (χ1) is 12.5. The number of nitrogen functional groups attached to an aromatic ring is 2. The van der Waals surface area contributed by atoms with E-state index in [2.05, 4.69) is 19.1 Å². The van der Waals surface area contributed by atoms with E-state index in [1.54, 1.807) is 0 Å². The van der Waals surface area contributed by atoms with Crippen molar-refractivity contribution in [3.8, 4) is 0 Å². The SMILES string of the molecule is CCn1c(COC(=O)c2nc(Cl)c(N)nc2N)[n+](CC)c2ccccc21. The molecule has 0 fully saturated rings. The van der Waals surface area contributed by atoms with Gasteiger partial charge in [0.25, 0.3) is 5.82 Å². The molecule has 0 aliphatic rings. The van der Waals surface area contributed by atoms with Gasteiger partial charge in [0.1, 0.15) is 0 Å². The Morgan fingerprint density at radius 2 is 1.96 bits per heavy atom. The van der Waals surface area contributed by atoms with E-state index >= 15 is 0 Å². The third-order valence-electron chi connectivity index (χ3n) is 4.15. The number of aryl methyl sites for hydroxylation is 2. The number of imidazole rings is 1. The number of rotatable bonds is 5. The van der Waals surface area contributed by atoms with E-state index in [-0.39, 0.29) is 29.1 Å². The molecular formula is C17H20ClN6O2+. The van der Waals surface area contributed by atoms with Crippen LogP contribution in [0.25, 0.3) is 11.0 Å². The Morgan fingerprint density at radius 3 is 2.65 bits per heavy atom. The standard InChI is InChI=1S/C17H19ClN6O2/c1-3-23-10-7-5-6-8-11(10)24(4-2)12(23)9-26-17(25)13-15(19)22-16(20)14(18)21-13/h5-8H,3-4,9H2,1-2H3,(H3-,19,20,22,25)/p+1. The van der Waals surface area contributed by atoms with Crippen LogP contribution in [0, 0.1) is 0 Å². The Kier molecular flexibility index (Phi) is 4.94. The minimum atomic E-state index is -0.701. The summed E-state index contributed by atoms with van der Waals surface area (Å²) in [6.45, 7) is 5.65. The van der Waals surface area contributed by atoms with Gasteiger partial charge in [-0.15, -0.1) is 0 Å². The average molecular weight is 376 g/mol. The van der Waals surface area contributed by atoms with Gasteiger partial charge in [-0.05, 0) is 26.0 Å². The molecule has 4 N–H and O–H groups in total. The zero-order chi connectivity index (χ0) is 18.8. The van der Waals surface area contributed by atoms with Crippen molar-refractivity contribution >= 4 is 40.2 Å². The van der Waals surface area contributed by atoms with Crippen molar-refractivity contribution in [3.63, 3.8) is 0 Å². The highest BCUT2D eigenvalue weighted by Gasteiger charge is 2.25. The summed E-state index contributed by atoms with van der Waals surface area (Å²) >= 11 is 5.83. The number of ether oxygens (including phenoxy) is 1. The van der Waals surface area contributed by atoms with Crippen LogP contribution in [0.15, 0.2) is 24.3 Å². The van der Waals surface area contributed by atoms with Gasteiger partial charge in [-0.1, -0.05) is 23.7 Å². The highest BCUT2D eigenvalue weighted by atomic mass is 35.5. The number of fused-ring (bicyclic) bond motifs is 1. The highest BCUT2D eigenvalue weighted by molar-refractivity contribution is 6.31. The van der Waals surface area contributed by atoms with Crippen LogP contribution in [0.4, 0.5) is 11.6 Å². The molecule has 3 rings (SSSR count). The lowest BCUT2D eigenvalue weighted by molar-refractivity contribution is -0.678. The van der Waals surface area contributed by atoms with Crippen molar-refractivity contribution in [3.05, 3.63) is 40.9 Å². The van der Waals surface area contributed by atoms with Gasteiger partial charge in [0.05, 0.1) is 13.1 Å². The van der Waals surface area contributed by atoms with Gasteiger partial charge >= 0.3 is 5.97 Å². The normalized spacial score (nSPS) is 11.0. The van der Waals surface area contributed by atoms with Gasteiger partial charge in [0, 0.05) is 0 Å². The highest BCUT2D eigenvalue weighted by Crippen LogP contribution is 2.19. The van der Waals surface area contributed by atoms with E-state index in [1.807, 2.05) is 38.1 Å². The summed E-state index contributed by atoms with van der Waals surface area (Å²) in [5.74, 6) is 0.0250. The van der Waals surface area contributed by atoms with E-state index in [4.69, 9.17) is 27.8 Å². The topological polar surface area (TPSA) is 113 Å². The van der Waals surface area contributed by atoms with Gasteiger partial charge in [0.2, 0.25) is 0 Å². The van der Waals surface area contributed by atoms with Crippen LogP contribution in [0.1, 0.15) is 30.2 Å². The molecule has 9 heteroatoms. The predicted molar refractivity (Wildman–Crippen MR) is 98.5 cm³/mol. The summed E-state index contributed by atoms with van der Waals surface area (Å²) in [5, 5.41) is -0.0857. The number of hydrogen-bond donors (Lipinski definition) is 2. The third kappa shape index (κ3) is 3.03. The van der Waals surface area contributed by atoms with Crippen LogP contribution in [-0.4, -0.2) is 20.5 Å². The Labute approximate surface area is 155 Å². The second-order valence-electron chi connectivity index (χ2n) is 5.60. The first-order valence-electron chi connectivity index (χ1n) is 8.23. The monoisotopic (exact) mass is 375 g/mol. The third-order valence-corrected chi connectivity index (χ3v) is 4.43. The number of esters is 1. The molecule has 0 radical (unpaired) electrons. The number of benzene rings is 1. The molecule has 0 bridgehead atoms. The summed E-state index contributed by atoms with van der Waals surface area (Å²) in [5.41, 5.74) is 13.3. The lowest BCUT2D eigenvalue weighted by Crippen LogP contribution is -2.37. The molecule has 0 amide bonds. The number of hydrogen-bond acceptors (Lipinski definition) is 6. The molecule has 2 heterocycles. The summed E-state index contributed by atoms with van der Waals surface area (Å²) in [4.78, 5) is 20.1. The van der Waals surface area contributed by atoms with Crippen molar-refractivity contribution in [2.45, 2.75) is 33.5 Å². The molecule has 0 spiro atoms. The number of nitrogens with zero attached hydrogens (tertiary/aromatic N) is 4. The Bertz CT molecular complexity index is 944. The molecule has 0 aliphatic heterocycles. The molecule has 2 aromatic heterocycles. The fourth-order valence-electron chi connectivity index (χ4n) is 3.00. The van der Waals surface area contributed by atoms with Crippen molar-refractivity contribution in [2.24, 2.45) is 0 Å². The van der Waals surface area contributed by atoms with Crippen LogP contribution in [0.3, 0.4) is 0 Å². The predicted octanol–water partition coefficient (Wildman–Crippen LogP) is 1.93. The first-order valence-corrected chi connectivity index (χ1v) is 8.61. The number of nitrogens with two attached hydrogens (primary N) is 2. The largest absolute Gasteiger partial charge is 0.448 e. The van der Waals surface area contributed by atoms with E-state index in [1.165, 1.54) is 0 Å². The number of carbonyl (C=O) groups excluding carboxylic acids is 1. The van der Waals surface area contributed by atoms with Crippen molar-refractivity contribution in [2.75, 3.05) is 11.5 Å². The molecule has 8 nitrogen and oxygen atoms in total. The lowest BCUT2D eigenvalue weighted by Gasteiger charge is -2.07. The van der Waals surface area contributed by atoms with Crippen molar-refractivity contribution in [1.82, 2.24) is 14.5 Å². The molecule has 0 atom stereocenters. The summed E-state index contributed by atoms with van der Waals surface area (Å²) in [6, 6.07) is 8.05. The molecule has 136 valence electrons. The fourth-order valence-corrected chi connectivity index (χ4v) is 3.12. The van der Waals surface area contributed by atoms with E-state index in [0.29, 0.717) is 0 Å². The smallest absolute Gasteiger partial charge is 0.361 e. The molecule has 26 heavy (non-hydrogen) atoms. The minimum absolute atomic E-state index is 0.0318. The molecule has 0 saturated heterocycles. The summed E-state index contributed by atoms with van der Waals surface area (Å²) in [6.07, 6.45) is 0. The maximum atomic E-state index is 12.4. The lowest BCUT2D eigenvalue weighted by atomic mass is 10.3. The fraction of sp³-hybridized carbons (Fsp3) is 0.294. The summed E-state index contributed by atoms with van der Waals surface area (Å²) in [7, 11) is 0. The van der Waals surface area contributed by atoms with Crippen LogP contribution in [0.2, 0.25) is 5.15 Å². The average Bonchev–Trinajstić information content (AvgIpc) is 2.95. The van der Waals surface area contributed by atoms with E-state index in [0.717, 1.165) is 29.9 Å². The van der Waals surface area contributed by atoms with Gasteiger partial charge in [-0.2, -0.15) is 0 Å². The maximum absolute atomic E-state index is 12.4.